The van der Waals surface area contributed by atoms with Crippen LogP contribution in [0.25, 0.3) is 10.8 Å². The number of fused-ring (bicyclic) bond motifs is 1. The fourth-order valence-electron chi connectivity index (χ4n) is 5.00. The van der Waals surface area contributed by atoms with Crippen LogP contribution in [0.15, 0.2) is 36.4 Å². The predicted molar refractivity (Wildman–Crippen MR) is 121 cm³/mol. The van der Waals surface area contributed by atoms with Crippen LogP contribution < -0.4 is 4.74 Å². The summed E-state index contributed by atoms with van der Waals surface area (Å²) in [6, 6.07) is 12.9. The second kappa shape index (κ2) is 8.58. The highest BCUT2D eigenvalue weighted by Crippen LogP contribution is 2.41. The van der Waals surface area contributed by atoms with Crippen molar-refractivity contribution in [1.29, 1.82) is 0 Å². The van der Waals surface area contributed by atoms with Gasteiger partial charge in [-0.1, -0.05) is 45.4 Å². The van der Waals surface area contributed by atoms with E-state index in [-0.39, 0.29) is 5.92 Å². The van der Waals surface area contributed by atoms with E-state index in [4.69, 9.17) is 9.84 Å². The Labute approximate surface area is 180 Å². The Kier molecular flexibility index (Phi) is 6.06. The second-order valence-electron chi connectivity index (χ2n) is 10.0. The molecule has 4 heteroatoms. The van der Waals surface area contributed by atoms with Crippen molar-refractivity contribution in [3.05, 3.63) is 42.0 Å². The van der Waals surface area contributed by atoms with Gasteiger partial charge in [0, 0.05) is 19.6 Å². The highest BCUT2D eigenvalue weighted by molar-refractivity contribution is 5.84. The first-order valence-corrected chi connectivity index (χ1v) is 11.5. The number of carbonyl (C=O) groups is 1. The van der Waals surface area contributed by atoms with Gasteiger partial charge in [0.15, 0.2) is 0 Å². The largest absolute Gasteiger partial charge is 0.490 e. The number of aliphatic carboxylic acids is 1. The maximum atomic E-state index is 11.0. The summed E-state index contributed by atoms with van der Waals surface area (Å²) < 4.78 is 6.35. The van der Waals surface area contributed by atoms with Gasteiger partial charge < -0.3 is 9.84 Å². The molecule has 1 saturated carbocycles. The van der Waals surface area contributed by atoms with Gasteiger partial charge >= 0.3 is 5.97 Å². The number of carboxylic acids is 1. The maximum absolute atomic E-state index is 11.0. The van der Waals surface area contributed by atoms with Gasteiger partial charge in [-0.3, -0.25) is 9.69 Å². The lowest BCUT2D eigenvalue weighted by atomic mass is 9.69. The first-order chi connectivity index (χ1) is 14.3. The van der Waals surface area contributed by atoms with E-state index in [1.807, 2.05) is 0 Å². The number of hydrogen-bond acceptors (Lipinski definition) is 3. The standard InChI is InChI=1S/C26H35NO3/c1-4-26(2,3)22-8-11-23(12-9-22)30-24-10-7-19-13-18(5-6-20(19)14-24)15-27-16-21(17-27)25(28)29/h5-7,10,13-14,21-23H,4,8-9,11-12,15-17H2,1-3H3,(H,28,29). The average molecular weight is 410 g/mol. The number of hydrogen-bond donors (Lipinski definition) is 1. The summed E-state index contributed by atoms with van der Waals surface area (Å²) in [6.45, 7) is 9.23. The predicted octanol–water partition coefficient (Wildman–Crippen LogP) is 5.73. The fraction of sp³-hybridized carbons (Fsp3) is 0.577. The van der Waals surface area contributed by atoms with Crippen LogP contribution in [0.2, 0.25) is 0 Å². The lowest BCUT2D eigenvalue weighted by Crippen LogP contribution is -2.49. The molecule has 4 nitrogen and oxygen atoms in total. The Bertz CT molecular complexity index is 892. The van der Waals surface area contributed by atoms with E-state index in [9.17, 15) is 4.79 Å². The SMILES string of the molecule is CCC(C)(C)C1CCC(Oc2ccc3cc(CN4CC(C(=O)O)C4)ccc3c2)CC1. The Morgan fingerprint density at radius 1 is 1.07 bits per heavy atom. The van der Waals surface area contributed by atoms with E-state index >= 15 is 0 Å². The quantitative estimate of drug-likeness (QED) is 0.634. The Morgan fingerprint density at radius 3 is 2.40 bits per heavy atom. The summed E-state index contributed by atoms with van der Waals surface area (Å²) in [5.74, 6) is 0.906. The summed E-state index contributed by atoms with van der Waals surface area (Å²) >= 11 is 0. The normalized spacial score (nSPS) is 23.3. The van der Waals surface area contributed by atoms with Gasteiger partial charge in [-0.15, -0.1) is 0 Å². The zero-order chi connectivity index (χ0) is 21.3. The number of likely N-dealkylation sites (tertiary alicyclic amines) is 1. The van der Waals surface area contributed by atoms with Crippen LogP contribution in [-0.2, 0) is 11.3 Å². The molecule has 1 aliphatic carbocycles. The summed E-state index contributed by atoms with van der Waals surface area (Å²) in [6.07, 6.45) is 6.41. The van der Waals surface area contributed by atoms with Crippen LogP contribution in [0.4, 0.5) is 0 Å². The molecule has 2 fully saturated rings. The molecule has 1 saturated heterocycles. The zero-order valence-corrected chi connectivity index (χ0v) is 18.6. The van der Waals surface area contributed by atoms with Crippen molar-refractivity contribution < 1.29 is 14.6 Å². The van der Waals surface area contributed by atoms with Crippen molar-refractivity contribution in [1.82, 2.24) is 4.90 Å². The monoisotopic (exact) mass is 409 g/mol. The number of nitrogens with zero attached hydrogens (tertiary/aromatic N) is 1. The second-order valence-corrected chi connectivity index (χ2v) is 10.0. The molecular weight excluding hydrogens is 374 g/mol. The molecule has 30 heavy (non-hydrogen) atoms. The third-order valence-electron chi connectivity index (χ3n) is 7.58. The van der Waals surface area contributed by atoms with Crippen LogP contribution >= 0.6 is 0 Å². The van der Waals surface area contributed by atoms with Gasteiger partial charge in [0.1, 0.15) is 5.75 Å². The van der Waals surface area contributed by atoms with E-state index in [2.05, 4.69) is 62.1 Å². The van der Waals surface area contributed by atoms with E-state index in [0.29, 0.717) is 24.6 Å². The molecule has 162 valence electrons. The lowest BCUT2D eigenvalue weighted by Gasteiger charge is -2.38. The third kappa shape index (κ3) is 4.64. The molecule has 2 aliphatic rings. The van der Waals surface area contributed by atoms with Gasteiger partial charge in [-0.25, -0.2) is 0 Å². The highest BCUT2D eigenvalue weighted by atomic mass is 16.5. The maximum Gasteiger partial charge on any atom is 0.309 e. The zero-order valence-electron chi connectivity index (χ0n) is 18.6. The first-order valence-electron chi connectivity index (χ1n) is 11.5. The molecule has 0 spiro atoms. The van der Waals surface area contributed by atoms with Crippen molar-refractivity contribution >= 4 is 16.7 Å². The molecule has 0 radical (unpaired) electrons. The molecule has 0 atom stereocenters. The van der Waals surface area contributed by atoms with Gasteiger partial charge in [0.05, 0.1) is 12.0 Å². The summed E-state index contributed by atoms with van der Waals surface area (Å²) in [4.78, 5) is 13.2. The van der Waals surface area contributed by atoms with Crippen LogP contribution in [0.5, 0.6) is 5.75 Å². The van der Waals surface area contributed by atoms with Crippen molar-refractivity contribution in [2.24, 2.45) is 17.3 Å². The minimum absolute atomic E-state index is 0.201. The van der Waals surface area contributed by atoms with E-state index in [1.54, 1.807) is 0 Å². The first kappa shape index (κ1) is 21.2. The Balaban J connectivity index is 1.34. The molecule has 4 rings (SSSR count). The number of benzene rings is 2. The molecule has 1 heterocycles. The lowest BCUT2D eigenvalue weighted by molar-refractivity contribution is -0.147. The van der Waals surface area contributed by atoms with Gasteiger partial charge in [-0.2, -0.15) is 0 Å². The minimum Gasteiger partial charge on any atom is -0.490 e. The highest BCUT2D eigenvalue weighted by Gasteiger charge is 2.33. The van der Waals surface area contributed by atoms with Crippen LogP contribution in [-0.4, -0.2) is 35.2 Å². The van der Waals surface area contributed by atoms with Gasteiger partial charge in [0.25, 0.3) is 0 Å². The average Bonchev–Trinajstić information content (AvgIpc) is 2.70. The molecule has 0 unspecified atom stereocenters. The molecule has 0 bridgehead atoms. The molecule has 1 aliphatic heterocycles. The van der Waals surface area contributed by atoms with E-state index in [0.717, 1.165) is 31.1 Å². The van der Waals surface area contributed by atoms with Crippen molar-refractivity contribution in [2.75, 3.05) is 13.1 Å². The van der Waals surface area contributed by atoms with Crippen molar-refractivity contribution in [3.63, 3.8) is 0 Å². The van der Waals surface area contributed by atoms with Crippen LogP contribution in [0, 0.1) is 17.3 Å². The topological polar surface area (TPSA) is 49.8 Å². The molecule has 2 aromatic carbocycles. The molecular formula is C26H35NO3. The summed E-state index contributed by atoms with van der Waals surface area (Å²) in [7, 11) is 0. The van der Waals surface area contributed by atoms with Crippen molar-refractivity contribution in [3.8, 4) is 5.75 Å². The van der Waals surface area contributed by atoms with Crippen molar-refractivity contribution in [2.45, 2.75) is 65.5 Å². The third-order valence-corrected chi connectivity index (χ3v) is 7.58. The van der Waals surface area contributed by atoms with E-state index < -0.39 is 5.97 Å². The van der Waals surface area contributed by atoms with Gasteiger partial charge in [0.2, 0.25) is 0 Å². The molecule has 1 N–H and O–H groups in total. The van der Waals surface area contributed by atoms with Crippen LogP contribution in [0.1, 0.15) is 58.4 Å². The Morgan fingerprint density at radius 2 is 1.73 bits per heavy atom. The fourth-order valence-corrected chi connectivity index (χ4v) is 5.00. The van der Waals surface area contributed by atoms with E-state index in [1.165, 1.54) is 35.6 Å². The summed E-state index contributed by atoms with van der Waals surface area (Å²) in [5.41, 5.74) is 1.67. The van der Waals surface area contributed by atoms with Crippen LogP contribution in [0.3, 0.4) is 0 Å². The number of ether oxygens (including phenoxy) is 1. The Hall–Kier alpha value is -2.07. The smallest absolute Gasteiger partial charge is 0.309 e. The molecule has 2 aromatic rings. The minimum atomic E-state index is -0.681. The number of carboxylic acid groups (broad SMARTS) is 1. The summed E-state index contributed by atoms with van der Waals surface area (Å²) in [5, 5.41) is 11.4. The molecule has 0 amide bonds. The molecule has 0 aromatic heterocycles. The van der Waals surface area contributed by atoms with Gasteiger partial charge in [-0.05, 0) is 71.6 Å². The number of rotatable bonds is 7.